The van der Waals surface area contributed by atoms with Crippen molar-refractivity contribution in [3.05, 3.63) is 29.8 Å². The van der Waals surface area contributed by atoms with E-state index in [1.165, 1.54) is 24.9 Å². The van der Waals surface area contributed by atoms with Crippen molar-refractivity contribution in [2.24, 2.45) is 11.8 Å². The summed E-state index contributed by atoms with van der Waals surface area (Å²) in [5.74, 6) is 2.70. The van der Waals surface area contributed by atoms with Gasteiger partial charge in [-0.3, -0.25) is 0 Å². The molecule has 1 saturated carbocycles. The number of hydrogen-bond donors (Lipinski definition) is 1. The molecular formula is C14H19NO. The summed E-state index contributed by atoms with van der Waals surface area (Å²) in [5.41, 5.74) is 1.37. The molecule has 16 heavy (non-hydrogen) atoms. The van der Waals surface area contributed by atoms with Gasteiger partial charge < -0.3 is 10.1 Å². The van der Waals surface area contributed by atoms with Crippen molar-refractivity contribution in [2.75, 3.05) is 19.7 Å². The minimum absolute atomic E-state index is 0.647. The van der Waals surface area contributed by atoms with Gasteiger partial charge in [-0.05, 0) is 43.4 Å². The molecule has 1 aliphatic heterocycles. The van der Waals surface area contributed by atoms with Crippen LogP contribution in [0.25, 0.3) is 0 Å². The molecule has 2 aliphatic rings. The van der Waals surface area contributed by atoms with Gasteiger partial charge in [-0.25, -0.2) is 0 Å². The Labute approximate surface area is 97.0 Å². The van der Waals surface area contributed by atoms with Crippen molar-refractivity contribution in [2.45, 2.75) is 19.3 Å². The van der Waals surface area contributed by atoms with Crippen LogP contribution in [0.15, 0.2) is 24.3 Å². The van der Waals surface area contributed by atoms with E-state index in [1.54, 1.807) is 0 Å². The van der Waals surface area contributed by atoms with Crippen LogP contribution >= 0.6 is 0 Å². The van der Waals surface area contributed by atoms with Crippen molar-refractivity contribution in [1.29, 1.82) is 0 Å². The second kappa shape index (κ2) is 4.46. The topological polar surface area (TPSA) is 21.3 Å². The van der Waals surface area contributed by atoms with Crippen LogP contribution < -0.4 is 10.1 Å². The summed E-state index contributed by atoms with van der Waals surface area (Å²) in [4.78, 5) is 0. The first-order valence-corrected chi connectivity index (χ1v) is 6.33. The summed E-state index contributed by atoms with van der Waals surface area (Å²) in [6, 6.07) is 8.40. The third kappa shape index (κ3) is 2.38. The molecule has 3 rings (SSSR count). The molecule has 86 valence electrons. The maximum Gasteiger partial charge on any atom is 0.122 e. The molecule has 1 atom stereocenters. The summed E-state index contributed by atoms with van der Waals surface area (Å²) >= 11 is 0. The molecule has 0 radical (unpaired) electrons. The molecular weight excluding hydrogens is 198 g/mol. The summed E-state index contributed by atoms with van der Waals surface area (Å²) in [5, 5.41) is 3.57. The zero-order valence-corrected chi connectivity index (χ0v) is 9.61. The van der Waals surface area contributed by atoms with Gasteiger partial charge in [0, 0.05) is 12.5 Å². The van der Waals surface area contributed by atoms with Crippen LogP contribution in [-0.2, 0) is 6.42 Å². The molecule has 2 heteroatoms. The Balaban J connectivity index is 1.51. The van der Waals surface area contributed by atoms with Crippen molar-refractivity contribution in [1.82, 2.24) is 5.32 Å². The quantitative estimate of drug-likeness (QED) is 0.835. The highest BCUT2D eigenvalue weighted by Gasteiger charge is 2.22. The van der Waals surface area contributed by atoms with Gasteiger partial charge in [0.1, 0.15) is 5.75 Å². The number of rotatable bonds is 4. The Hall–Kier alpha value is -1.02. The molecule has 0 amide bonds. The number of fused-ring (bicyclic) bond motifs is 1. The normalized spacial score (nSPS) is 23.6. The SMILES string of the molecule is c1ccc2c(c1)CC(CNCC1CC1)CO2. The Morgan fingerprint density at radius 1 is 1.12 bits per heavy atom. The molecule has 1 fully saturated rings. The predicted molar refractivity (Wildman–Crippen MR) is 64.7 cm³/mol. The summed E-state index contributed by atoms with van der Waals surface area (Å²) in [6.07, 6.45) is 4.02. The molecule has 0 aromatic heterocycles. The first-order chi connectivity index (χ1) is 7.92. The third-order valence-corrected chi connectivity index (χ3v) is 3.52. The van der Waals surface area contributed by atoms with Crippen molar-refractivity contribution >= 4 is 0 Å². The molecule has 1 aromatic rings. The first kappa shape index (κ1) is 10.2. The highest BCUT2D eigenvalue weighted by Crippen LogP contribution is 2.28. The average Bonchev–Trinajstić information content (AvgIpc) is 3.13. The van der Waals surface area contributed by atoms with Crippen molar-refractivity contribution in [3.63, 3.8) is 0 Å². The highest BCUT2D eigenvalue weighted by atomic mass is 16.5. The Bertz CT molecular complexity index is 360. The fourth-order valence-electron chi connectivity index (χ4n) is 2.34. The van der Waals surface area contributed by atoms with Crippen LogP contribution in [-0.4, -0.2) is 19.7 Å². The summed E-state index contributed by atoms with van der Waals surface area (Å²) < 4.78 is 5.77. The Morgan fingerprint density at radius 3 is 2.81 bits per heavy atom. The summed E-state index contributed by atoms with van der Waals surface area (Å²) in [6.45, 7) is 3.18. The monoisotopic (exact) mass is 217 g/mol. The lowest BCUT2D eigenvalue weighted by molar-refractivity contribution is 0.218. The van der Waals surface area contributed by atoms with E-state index in [0.717, 1.165) is 31.2 Å². The van der Waals surface area contributed by atoms with Crippen LogP contribution in [0.4, 0.5) is 0 Å². The lowest BCUT2D eigenvalue weighted by atomic mass is 9.97. The highest BCUT2D eigenvalue weighted by molar-refractivity contribution is 5.35. The van der Waals surface area contributed by atoms with E-state index < -0.39 is 0 Å². The zero-order chi connectivity index (χ0) is 10.8. The molecule has 1 N–H and O–H groups in total. The van der Waals surface area contributed by atoms with E-state index in [-0.39, 0.29) is 0 Å². The van der Waals surface area contributed by atoms with E-state index in [9.17, 15) is 0 Å². The number of para-hydroxylation sites is 1. The lowest BCUT2D eigenvalue weighted by Crippen LogP contribution is -2.32. The lowest BCUT2D eigenvalue weighted by Gasteiger charge is -2.25. The molecule has 0 bridgehead atoms. The second-order valence-electron chi connectivity index (χ2n) is 5.09. The van der Waals surface area contributed by atoms with Gasteiger partial charge in [-0.15, -0.1) is 0 Å². The smallest absolute Gasteiger partial charge is 0.122 e. The fraction of sp³-hybridized carbons (Fsp3) is 0.571. The minimum Gasteiger partial charge on any atom is -0.493 e. The van der Waals surface area contributed by atoms with Gasteiger partial charge in [-0.2, -0.15) is 0 Å². The molecule has 0 saturated heterocycles. The van der Waals surface area contributed by atoms with E-state index in [1.807, 2.05) is 6.07 Å². The number of ether oxygens (including phenoxy) is 1. The number of nitrogens with one attached hydrogen (secondary N) is 1. The fourth-order valence-corrected chi connectivity index (χ4v) is 2.34. The maximum absolute atomic E-state index is 5.77. The van der Waals surface area contributed by atoms with E-state index >= 15 is 0 Å². The predicted octanol–water partition coefficient (Wildman–Crippen LogP) is 2.24. The zero-order valence-electron chi connectivity index (χ0n) is 9.61. The van der Waals surface area contributed by atoms with E-state index in [4.69, 9.17) is 4.74 Å². The minimum atomic E-state index is 0.647. The van der Waals surface area contributed by atoms with Crippen LogP contribution in [0.3, 0.4) is 0 Å². The van der Waals surface area contributed by atoms with E-state index in [2.05, 4.69) is 23.5 Å². The van der Waals surface area contributed by atoms with Crippen molar-refractivity contribution < 1.29 is 4.74 Å². The standard InChI is InChI=1S/C14H19NO/c1-2-4-14-13(3-1)7-12(10-16-14)9-15-8-11-5-6-11/h1-4,11-12,15H,5-10H2. The van der Waals surface area contributed by atoms with Crippen LogP contribution in [0.5, 0.6) is 5.75 Å². The van der Waals surface area contributed by atoms with Gasteiger partial charge in [0.15, 0.2) is 0 Å². The van der Waals surface area contributed by atoms with Gasteiger partial charge in [0.05, 0.1) is 6.61 Å². The largest absolute Gasteiger partial charge is 0.493 e. The maximum atomic E-state index is 5.77. The van der Waals surface area contributed by atoms with Gasteiger partial charge in [0.25, 0.3) is 0 Å². The second-order valence-corrected chi connectivity index (χ2v) is 5.09. The van der Waals surface area contributed by atoms with Gasteiger partial charge >= 0.3 is 0 Å². The number of hydrogen-bond acceptors (Lipinski definition) is 2. The van der Waals surface area contributed by atoms with Crippen molar-refractivity contribution in [3.8, 4) is 5.75 Å². The number of benzene rings is 1. The Morgan fingerprint density at radius 2 is 1.94 bits per heavy atom. The van der Waals surface area contributed by atoms with Crippen LogP contribution in [0.1, 0.15) is 18.4 Å². The molecule has 2 nitrogen and oxygen atoms in total. The molecule has 1 unspecified atom stereocenters. The third-order valence-electron chi connectivity index (χ3n) is 3.52. The van der Waals surface area contributed by atoms with Crippen LogP contribution in [0.2, 0.25) is 0 Å². The Kier molecular flexibility index (Phi) is 2.83. The van der Waals surface area contributed by atoms with Crippen LogP contribution in [0, 0.1) is 11.8 Å². The van der Waals surface area contributed by atoms with Gasteiger partial charge in [0.2, 0.25) is 0 Å². The molecule has 0 spiro atoms. The molecule has 1 aromatic carbocycles. The van der Waals surface area contributed by atoms with Gasteiger partial charge in [-0.1, -0.05) is 18.2 Å². The average molecular weight is 217 g/mol. The van der Waals surface area contributed by atoms with E-state index in [0.29, 0.717) is 5.92 Å². The molecule has 1 aliphatic carbocycles. The summed E-state index contributed by atoms with van der Waals surface area (Å²) in [7, 11) is 0. The molecule has 1 heterocycles. The first-order valence-electron chi connectivity index (χ1n) is 6.33.